The van der Waals surface area contributed by atoms with Gasteiger partial charge in [-0.2, -0.15) is 5.26 Å². The van der Waals surface area contributed by atoms with Crippen molar-refractivity contribution in [2.45, 2.75) is 0 Å². The van der Waals surface area contributed by atoms with Crippen LogP contribution in [0.1, 0.15) is 5.56 Å². The summed E-state index contributed by atoms with van der Waals surface area (Å²) in [4.78, 5) is 13.6. The number of aromatic nitrogens is 1. The molecule has 1 aromatic carbocycles. The summed E-state index contributed by atoms with van der Waals surface area (Å²) in [7, 11) is 0. The fraction of sp³-hybridized carbons (Fsp3) is 0. The van der Waals surface area contributed by atoms with E-state index in [0.717, 1.165) is 12.1 Å². The van der Waals surface area contributed by atoms with Gasteiger partial charge in [0.25, 0.3) is 5.56 Å². The molecule has 0 aliphatic rings. The van der Waals surface area contributed by atoms with Crippen LogP contribution in [0.3, 0.4) is 0 Å². The maximum atomic E-state index is 13.6. The van der Waals surface area contributed by atoms with Crippen LogP contribution in [-0.2, 0) is 0 Å². The molecule has 0 saturated heterocycles. The van der Waals surface area contributed by atoms with Crippen molar-refractivity contribution in [2.24, 2.45) is 0 Å². The molecule has 0 atom stereocenters. The van der Waals surface area contributed by atoms with Gasteiger partial charge in [-0.3, -0.25) is 4.79 Å². The van der Waals surface area contributed by atoms with Crippen LogP contribution in [0.15, 0.2) is 29.2 Å². The highest BCUT2D eigenvalue weighted by atomic mass is 19.2. The summed E-state index contributed by atoms with van der Waals surface area (Å²) in [6, 6.07) is 4.55. The van der Waals surface area contributed by atoms with Crippen LogP contribution in [0.4, 0.5) is 13.2 Å². The van der Waals surface area contributed by atoms with Crippen molar-refractivity contribution in [1.82, 2.24) is 4.98 Å². The quantitative estimate of drug-likeness (QED) is 0.789. The number of hydrogen-bond acceptors (Lipinski definition) is 2. The van der Waals surface area contributed by atoms with Crippen molar-refractivity contribution < 1.29 is 13.2 Å². The third kappa shape index (κ3) is 1.76. The van der Waals surface area contributed by atoms with Crippen LogP contribution in [0.2, 0.25) is 0 Å². The number of H-pyrrole nitrogens is 1. The van der Waals surface area contributed by atoms with Crippen molar-refractivity contribution >= 4 is 0 Å². The van der Waals surface area contributed by atoms with Gasteiger partial charge in [0.05, 0.1) is 0 Å². The zero-order valence-corrected chi connectivity index (χ0v) is 8.80. The Morgan fingerprint density at radius 3 is 2.44 bits per heavy atom. The average Bonchev–Trinajstić information content (AvgIpc) is 2.36. The number of benzene rings is 1. The molecule has 0 aliphatic carbocycles. The topological polar surface area (TPSA) is 56.6 Å². The largest absolute Gasteiger partial charge is 0.328 e. The van der Waals surface area contributed by atoms with Gasteiger partial charge in [-0.25, -0.2) is 13.2 Å². The SMILES string of the molecule is N#Cc1c(-c2ccc(F)c(F)c2F)cc[nH]c1=O. The first-order valence-electron chi connectivity index (χ1n) is 4.82. The van der Waals surface area contributed by atoms with Crippen LogP contribution >= 0.6 is 0 Å². The first-order chi connectivity index (χ1) is 8.56. The summed E-state index contributed by atoms with van der Waals surface area (Å²) in [6.45, 7) is 0. The molecule has 0 radical (unpaired) electrons. The molecule has 90 valence electrons. The Kier molecular flexibility index (Phi) is 2.90. The van der Waals surface area contributed by atoms with Crippen LogP contribution in [0, 0.1) is 28.8 Å². The van der Waals surface area contributed by atoms with Gasteiger partial charge in [-0.1, -0.05) is 0 Å². The Labute approximate surface area is 99.1 Å². The number of rotatable bonds is 1. The van der Waals surface area contributed by atoms with Crippen LogP contribution in [-0.4, -0.2) is 4.98 Å². The number of hydrogen-bond donors (Lipinski definition) is 1. The number of nitriles is 1. The highest BCUT2D eigenvalue weighted by Gasteiger charge is 2.18. The lowest BCUT2D eigenvalue weighted by atomic mass is 10.0. The van der Waals surface area contributed by atoms with Gasteiger partial charge in [0.1, 0.15) is 11.6 Å². The third-order valence-corrected chi connectivity index (χ3v) is 2.40. The lowest BCUT2D eigenvalue weighted by molar-refractivity contribution is 0.449. The van der Waals surface area contributed by atoms with Gasteiger partial charge >= 0.3 is 0 Å². The highest BCUT2D eigenvalue weighted by Crippen LogP contribution is 2.26. The van der Waals surface area contributed by atoms with Gasteiger partial charge in [0.15, 0.2) is 17.5 Å². The van der Waals surface area contributed by atoms with E-state index in [1.165, 1.54) is 12.3 Å². The first kappa shape index (κ1) is 11.9. The van der Waals surface area contributed by atoms with Crippen LogP contribution < -0.4 is 5.56 Å². The molecule has 18 heavy (non-hydrogen) atoms. The molecule has 0 bridgehead atoms. The summed E-state index contributed by atoms with van der Waals surface area (Å²) in [6.07, 6.45) is 1.19. The maximum absolute atomic E-state index is 13.6. The average molecular weight is 250 g/mol. The summed E-state index contributed by atoms with van der Waals surface area (Å²) in [5.41, 5.74) is -1.50. The molecular weight excluding hydrogens is 245 g/mol. The lowest BCUT2D eigenvalue weighted by Gasteiger charge is -2.05. The zero-order chi connectivity index (χ0) is 13.3. The molecule has 0 saturated carbocycles. The Balaban J connectivity index is 2.79. The summed E-state index contributed by atoms with van der Waals surface area (Å²) in [5, 5.41) is 8.82. The minimum atomic E-state index is -1.64. The monoisotopic (exact) mass is 250 g/mol. The summed E-state index contributed by atoms with van der Waals surface area (Å²) < 4.78 is 39.4. The number of aromatic amines is 1. The normalized spacial score (nSPS) is 10.1. The highest BCUT2D eigenvalue weighted by molar-refractivity contribution is 5.70. The molecule has 0 spiro atoms. The van der Waals surface area contributed by atoms with Gasteiger partial charge in [-0.05, 0) is 18.2 Å². The Morgan fingerprint density at radius 1 is 1.06 bits per heavy atom. The standard InChI is InChI=1S/C12H5F3N2O/c13-9-2-1-7(10(14)11(9)15)6-3-4-17-12(18)8(6)5-16/h1-4H,(H,17,18). The van der Waals surface area contributed by atoms with E-state index in [9.17, 15) is 18.0 Å². The minimum Gasteiger partial charge on any atom is -0.328 e. The molecule has 0 amide bonds. The molecule has 1 aromatic heterocycles. The molecule has 1 heterocycles. The molecule has 2 aromatic rings. The van der Waals surface area contributed by atoms with E-state index in [2.05, 4.69) is 4.98 Å². The van der Waals surface area contributed by atoms with E-state index in [1.54, 1.807) is 6.07 Å². The second kappa shape index (κ2) is 4.37. The zero-order valence-electron chi connectivity index (χ0n) is 8.80. The number of halogens is 3. The fourth-order valence-corrected chi connectivity index (χ4v) is 1.55. The number of pyridine rings is 1. The van der Waals surface area contributed by atoms with E-state index in [1.807, 2.05) is 0 Å². The van der Waals surface area contributed by atoms with Gasteiger partial charge in [-0.15, -0.1) is 0 Å². The fourth-order valence-electron chi connectivity index (χ4n) is 1.55. The molecular formula is C12H5F3N2O. The van der Waals surface area contributed by atoms with E-state index in [0.29, 0.717) is 0 Å². The lowest BCUT2D eigenvalue weighted by Crippen LogP contribution is -2.11. The van der Waals surface area contributed by atoms with Crippen molar-refractivity contribution in [3.8, 4) is 17.2 Å². The molecule has 6 heteroatoms. The number of nitrogens with zero attached hydrogens (tertiary/aromatic N) is 1. The van der Waals surface area contributed by atoms with Crippen LogP contribution in [0.25, 0.3) is 11.1 Å². The third-order valence-electron chi connectivity index (χ3n) is 2.40. The van der Waals surface area contributed by atoms with Crippen molar-refractivity contribution in [1.29, 1.82) is 5.26 Å². The Morgan fingerprint density at radius 2 is 1.78 bits per heavy atom. The minimum absolute atomic E-state index is 0.0855. The van der Waals surface area contributed by atoms with E-state index in [-0.39, 0.29) is 16.7 Å². The predicted octanol–water partition coefficient (Wildman–Crippen LogP) is 2.33. The van der Waals surface area contributed by atoms with Crippen LogP contribution in [0.5, 0.6) is 0 Å². The smallest absolute Gasteiger partial charge is 0.266 e. The molecule has 0 aliphatic heterocycles. The molecule has 3 nitrogen and oxygen atoms in total. The van der Waals surface area contributed by atoms with E-state index in [4.69, 9.17) is 5.26 Å². The van der Waals surface area contributed by atoms with Gasteiger partial charge in [0, 0.05) is 17.3 Å². The van der Waals surface area contributed by atoms with Gasteiger partial charge < -0.3 is 4.98 Å². The van der Waals surface area contributed by atoms with Crippen molar-refractivity contribution in [2.75, 3.05) is 0 Å². The maximum Gasteiger partial charge on any atom is 0.266 e. The molecule has 0 unspecified atom stereocenters. The summed E-state index contributed by atoms with van der Waals surface area (Å²) in [5.74, 6) is -4.41. The molecule has 0 fully saturated rings. The Bertz CT molecular complexity index is 716. The second-order valence-corrected chi connectivity index (χ2v) is 3.43. The first-order valence-corrected chi connectivity index (χ1v) is 4.82. The predicted molar refractivity (Wildman–Crippen MR) is 57.1 cm³/mol. The summed E-state index contributed by atoms with van der Waals surface area (Å²) >= 11 is 0. The van der Waals surface area contributed by atoms with E-state index >= 15 is 0 Å². The van der Waals surface area contributed by atoms with Gasteiger partial charge in [0.2, 0.25) is 0 Å². The molecule has 1 N–H and O–H groups in total. The Hall–Kier alpha value is -2.55. The second-order valence-electron chi connectivity index (χ2n) is 3.43. The van der Waals surface area contributed by atoms with E-state index < -0.39 is 23.0 Å². The number of nitrogens with one attached hydrogen (secondary N) is 1. The van der Waals surface area contributed by atoms with Crippen molar-refractivity contribution in [3.63, 3.8) is 0 Å². The van der Waals surface area contributed by atoms with Crippen molar-refractivity contribution in [3.05, 3.63) is 57.8 Å². The molecule has 2 rings (SSSR count).